The first-order valence-electron chi connectivity index (χ1n) is 15.2. The Kier molecular flexibility index (Phi) is 10.8. The molecule has 1 aromatic heterocycles. The van der Waals surface area contributed by atoms with E-state index in [1.54, 1.807) is 54.6 Å². The van der Waals surface area contributed by atoms with E-state index in [0.29, 0.717) is 39.8 Å². The number of fused-ring (bicyclic) bond motifs is 1. The number of aromatic nitrogens is 1. The Morgan fingerprint density at radius 3 is 1.75 bits per heavy atom. The van der Waals surface area contributed by atoms with Gasteiger partial charge in [0.15, 0.2) is 23.0 Å². The quantitative estimate of drug-likeness (QED) is 0.206. The lowest BCUT2D eigenvalue weighted by Gasteiger charge is -2.28. The zero-order valence-electron chi connectivity index (χ0n) is 29.2. The van der Waals surface area contributed by atoms with Crippen LogP contribution in [0, 0.1) is 0 Å². The Balaban J connectivity index is 1.88. The summed E-state index contributed by atoms with van der Waals surface area (Å²) in [6.45, 7) is 0. The SMILES string of the molecule is COC(=O)C1=C(N)n2c(s/c(=C/c3cc(OC)c(OC)c(OC)c3)c2=O)=C(C(=O)Nc2ccc(OC)cc2)C1c1cc(OC)c(OC)c(OC)c1. The predicted octanol–water partition coefficient (Wildman–Crippen LogP) is 2.69. The van der Waals surface area contributed by atoms with E-state index in [-0.39, 0.29) is 43.4 Å². The lowest BCUT2D eigenvalue weighted by atomic mass is 9.82. The van der Waals surface area contributed by atoms with Crippen molar-refractivity contribution in [2.45, 2.75) is 5.92 Å². The van der Waals surface area contributed by atoms with Gasteiger partial charge in [0.2, 0.25) is 11.5 Å². The number of amides is 1. The van der Waals surface area contributed by atoms with Crippen molar-refractivity contribution in [3.63, 3.8) is 0 Å². The second kappa shape index (κ2) is 15.2. The number of hydrogen-bond donors (Lipinski definition) is 2. The van der Waals surface area contributed by atoms with E-state index in [4.69, 9.17) is 43.6 Å². The molecule has 1 aliphatic heterocycles. The van der Waals surface area contributed by atoms with Crippen LogP contribution in [0.5, 0.6) is 40.2 Å². The van der Waals surface area contributed by atoms with Crippen molar-refractivity contribution in [1.29, 1.82) is 0 Å². The molecule has 0 radical (unpaired) electrons. The van der Waals surface area contributed by atoms with Crippen LogP contribution < -0.4 is 59.0 Å². The van der Waals surface area contributed by atoms with Crippen LogP contribution in [0.4, 0.5) is 5.69 Å². The molecule has 3 N–H and O–H groups in total. The fourth-order valence-electron chi connectivity index (χ4n) is 5.79. The molecule has 0 fully saturated rings. The molecule has 51 heavy (non-hydrogen) atoms. The number of esters is 1. The molecule has 2 heterocycles. The molecule has 1 unspecified atom stereocenters. The summed E-state index contributed by atoms with van der Waals surface area (Å²) in [6.07, 6.45) is 1.60. The summed E-state index contributed by atoms with van der Waals surface area (Å²) in [5.74, 6) is -0.387. The van der Waals surface area contributed by atoms with E-state index in [2.05, 4.69) is 5.32 Å². The zero-order valence-corrected chi connectivity index (χ0v) is 30.0. The van der Waals surface area contributed by atoms with Gasteiger partial charge >= 0.3 is 5.97 Å². The maximum atomic E-state index is 14.5. The van der Waals surface area contributed by atoms with Gasteiger partial charge in [-0.3, -0.25) is 14.2 Å². The molecule has 1 atom stereocenters. The molecule has 4 aromatic rings. The average molecular weight is 720 g/mol. The van der Waals surface area contributed by atoms with Crippen LogP contribution in [-0.4, -0.2) is 73.3 Å². The summed E-state index contributed by atoms with van der Waals surface area (Å²) in [4.78, 5) is 42.4. The third kappa shape index (κ3) is 6.62. The van der Waals surface area contributed by atoms with E-state index in [0.717, 1.165) is 15.9 Å². The second-order valence-electron chi connectivity index (χ2n) is 10.8. The third-order valence-electron chi connectivity index (χ3n) is 8.15. The zero-order chi connectivity index (χ0) is 37.0. The number of anilines is 1. The number of carbonyl (C=O) groups is 2. The Morgan fingerprint density at radius 1 is 0.745 bits per heavy atom. The van der Waals surface area contributed by atoms with Gasteiger partial charge in [-0.2, -0.15) is 0 Å². The van der Waals surface area contributed by atoms with Gasteiger partial charge in [0.25, 0.3) is 11.5 Å². The van der Waals surface area contributed by atoms with Crippen molar-refractivity contribution in [3.05, 3.63) is 84.8 Å². The third-order valence-corrected chi connectivity index (χ3v) is 9.26. The molecule has 1 aliphatic rings. The van der Waals surface area contributed by atoms with Crippen molar-refractivity contribution in [2.75, 3.05) is 62.2 Å². The van der Waals surface area contributed by atoms with E-state index < -0.39 is 23.4 Å². The van der Waals surface area contributed by atoms with Gasteiger partial charge in [-0.05, 0) is 65.7 Å². The second-order valence-corrected chi connectivity index (χ2v) is 11.8. The van der Waals surface area contributed by atoms with Crippen LogP contribution >= 0.6 is 11.3 Å². The first-order chi connectivity index (χ1) is 24.6. The minimum absolute atomic E-state index is 0.0290. The van der Waals surface area contributed by atoms with Gasteiger partial charge in [-0.1, -0.05) is 0 Å². The molecule has 14 nitrogen and oxygen atoms in total. The van der Waals surface area contributed by atoms with Gasteiger partial charge in [-0.15, -0.1) is 11.3 Å². The smallest absolute Gasteiger partial charge is 0.338 e. The van der Waals surface area contributed by atoms with E-state index in [1.807, 2.05) is 0 Å². The molecule has 1 amide bonds. The number of carbonyl (C=O) groups excluding carboxylic acids is 2. The highest BCUT2D eigenvalue weighted by Crippen LogP contribution is 2.45. The standard InChI is InChI=1S/C36H37N3O11S/c1-43-21-11-9-20(10-12-21)38-33(40)29-27(19-16-24(46-4)31(49-7)25(17-19)47-5)28(36(42)50-8)32(37)39-34(41)26(51-35(29)39)15-18-13-22(44-2)30(48-6)23(14-18)45-3/h9-17,27H,37H2,1-8H3,(H,38,40)/b26-15+. The Bertz CT molecular complexity index is 2150. The van der Waals surface area contributed by atoms with Crippen LogP contribution in [0.25, 0.3) is 17.5 Å². The molecule has 0 saturated heterocycles. The predicted molar refractivity (Wildman–Crippen MR) is 191 cm³/mol. The van der Waals surface area contributed by atoms with Gasteiger partial charge in [0.05, 0.1) is 78.5 Å². The molecule has 0 spiro atoms. The van der Waals surface area contributed by atoms with Crippen molar-refractivity contribution in [1.82, 2.24) is 4.57 Å². The lowest BCUT2D eigenvalue weighted by Crippen LogP contribution is -2.42. The highest BCUT2D eigenvalue weighted by atomic mass is 32.1. The molecule has 268 valence electrons. The number of benzene rings is 3. The lowest BCUT2D eigenvalue weighted by molar-refractivity contribution is -0.136. The maximum absolute atomic E-state index is 14.5. The average Bonchev–Trinajstić information content (AvgIpc) is 3.48. The highest BCUT2D eigenvalue weighted by molar-refractivity contribution is 7.07. The number of nitrogens with two attached hydrogens (primary N) is 1. The molecule has 0 aliphatic carbocycles. The monoisotopic (exact) mass is 719 g/mol. The number of hydrogen-bond acceptors (Lipinski definition) is 13. The normalized spacial score (nSPS) is 14.0. The number of nitrogens with one attached hydrogen (secondary N) is 1. The Hall–Kier alpha value is -6.09. The van der Waals surface area contributed by atoms with Crippen LogP contribution in [0.2, 0.25) is 0 Å². The Morgan fingerprint density at radius 2 is 1.27 bits per heavy atom. The minimum atomic E-state index is -1.17. The first-order valence-corrected chi connectivity index (χ1v) is 16.0. The summed E-state index contributed by atoms with van der Waals surface area (Å²) >= 11 is 1.01. The van der Waals surface area contributed by atoms with E-state index in [9.17, 15) is 14.4 Å². The fraction of sp³-hybridized carbons (Fsp3) is 0.250. The summed E-state index contributed by atoms with van der Waals surface area (Å²) in [7, 11) is 11.5. The Labute approximate surface area is 296 Å². The van der Waals surface area contributed by atoms with Crippen LogP contribution in [0.3, 0.4) is 0 Å². The number of thiazole rings is 1. The molecule has 5 rings (SSSR count). The summed E-state index contributed by atoms with van der Waals surface area (Å²) in [5.41, 5.74) is 7.32. The van der Waals surface area contributed by atoms with Crippen LogP contribution in [-0.2, 0) is 14.3 Å². The largest absolute Gasteiger partial charge is 0.497 e. The first kappa shape index (κ1) is 36.2. The molecule has 3 aromatic carbocycles. The highest BCUT2D eigenvalue weighted by Gasteiger charge is 2.40. The maximum Gasteiger partial charge on any atom is 0.338 e. The number of ether oxygens (including phenoxy) is 8. The minimum Gasteiger partial charge on any atom is -0.497 e. The van der Waals surface area contributed by atoms with Crippen molar-refractivity contribution in [2.24, 2.45) is 5.73 Å². The number of methoxy groups -OCH3 is 8. The summed E-state index contributed by atoms with van der Waals surface area (Å²) in [6, 6.07) is 13.2. The number of nitrogens with zero attached hydrogens (tertiary/aromatic N) is 1. The van der Waals surface area contributed by atoms with Gasteiger partial charge in [0, 0.05) is 5.69 Å². The van der Waals surface area contributed by atoms with Crippen LogP contribution in [0.1, 0.15) is 17.0 Å². The van der Waals surface area contributed by atoms with Crippen molar-refractivity contribution in [3.8, 4) is 40.2 Å². The van der Waals surface area contributed by atoms with Gasteiger partial charge < -0.3 is 48.9 Å². The van der Waals surface area contributed by atoms with Gasteiger partial charge in [0.1, 0.15) is 16.2 Å². The van der Waals surface area contributed by atoms with E-state index in [1.165, 1.54) is 56.9 Å². The topological polar surface area (TPSA) is 168 Å². The fourth-order valence-corrected chi connectivity index (χ4v) is 6.96. The molecule has 0 saturated carbocycles. The number of rotatable bonds is 12. The van der Waals surface area contributed by atoms with Gasteiger partial charge in [-0.25, -0.2) is 4.79 Å². The van der Waals surface area contributed by atoms with Crippen LogP contribution in [0.15, 0.2) is 58.9 Å². The molecular formula is C36H37N3O11S. The van der Waals surface area contributed by atoms with E-state index >= 15 is 0 Å². The molecular weight excluding hydrogens is 682 g/mol. The summed E-state index contributed by atoms with van der Waals surface area (Å²) in [5, 5.41) is 2.90. The molecule has 0 bridgehead atoms. The summed E-state index contributed by atoms with van der Waals surface area (Å²) < 4.78 is 45.1. The van der Waals surface area contributed by atoms with Crippen molar-refractivity contribution < 1.29 is 47.5 Å². The molecule has 15 heteroatoms. The van der Waals surface area contributed by atoms with Crippen molar-refractivity contribution >= 4 is 46.4 Å².